The standard InChI is InChI=1S/C20H21N3OS/c1-12-14-4-2-3-5-17(14)25-18(12)11-23-9-8-16-15(10-23)20(24)22-19(21-16)13-6-7-13/h2-5,13H,6-11H2,1H3,(H,21,22,24). The Bertz CT molecular complexity index is 1020. The van der Waals surface area contributed by atoms with Crippen LogP contribution in [0, 0.1) is 6.92 Å². The number of hydrogen-bond donors (Lipinski definition) is 1. The van der Waals surface area contributed by atoms with Crippen LogP contribution in [-0.4, -0.2) is 21.4 Å². The molecule has 0 bridgehead atoms. The molecule has 0 amide bonds. The number of thiophene rings is 1. The Morgan fingerprint density at radius 3 is 2.96 bits per heavy atom. The minimum atomic E-state index is 0.0738. The normalized spacial score (nSPS) is 17.8. The van der Waals surface area contributed by atoms with Gasteiger partial charge >= 0.3 is 0 Å². The molecule has 4 nitrogen and oxygen atoms in total. The van der Waals surface area contributed by atoms with E-state index in [9.17, 15) is 4.79 Å². The molecular formula is C20H21N3OS. The molecule has 0 spiro atoms. The molecule has 0 atom stereocenters. The molecule has 2 aromatic heterocycles. The minimum Gasteiger partial charge on any atom is -0.310 e. The summed E-state index contributed by atoms with van der Waals surface area (Å²) >= 11 is 1.87. The average Bonchev–Trinajstić information content (AvgIpc) is 3.42. The fourth-order valence-electron chi connectivity index (χ4n) is 3.76. The summed E-state index contributed by atoms with van der Waals surface area (Å²) in [6, 6.07) is 8.59. The van der Waals surface area contributed by atoms with Gasteiger partial charge in [-0.1, -0.05) is 18.2 Å². The van der Waals surface area contributed by atoms with Crippen molar-refractivity contribution < 1.29 is 0 Å². The average molecular weight is 351 g/mol. The van der Waals surface area contributed by atoms with Gasteiger partial charge in [0.15, 0.2) is 0 Å². The highest BCUT2D eigenvalue weighted by Crippen LogP contribution is 2.38. The van der Waals surface area contributed by atoms with Crippen LogP contribution in [0.5, 0.6) is 0 Å². The molecule has 3 aromatic rings. The minimum absolute atomic E-state index is 0.0738. The zero-order chi connectivity index (χ0) is 17.0. The van der Waals surface area contributed by atoms with Crippen molar-refractivity contribution in [3.8, 4) is 0 Å². The van der Waals surface area contributed by atoms with Crippen molar-refractivity contribution in [3.63, 3.8) is 0 Å². The van der Waals surface area contributed by atoms with Crippen molar-refractivity contribution in [3.05, 3.63) is 62.1 Å². The monoisotopic (exact) mass is 351 g/mol. The fraction of sp³-hybridized carbons (Fsp3) is 0.400. The summed E-state index contributed by atoms with van der Waals surface area (Å²) in [5.74, 6) is 1.41. The molecule has 1 aliphatic carbocycles. The summed E-state index contributed by atoms with van der Waals surface area (Å²) in [7, 11) is 0. The summed E-state index contributed by atoms with van der Waals surface area (Å²) in [6.45, 7) is 4.80. The van der Waals surface area contributed by atoms with Gasteiger partial charge in [-0.25, -0.2) is 4.98 Å². The highest BCUT2D eigenvalue weighted by atomic mass is 32.1. The molecule has 5 heteroatoms. The summed E-state index contributed by atoms with van der Waals surface area (Å²) in [5.41, 5.74) is 3.34. The Hall–Kier alpha value is -1.98. The van der Waals surface area contributed by atoms with Gasteiger partial charge in [-0.2, -0.15) is 0 Å². The van der Waals surface area contributed by atoms with Crippen LogP contribution in [0.25, 0.3) is 10.1 Å². The van der Waals surface area contributed by atoms with Crippen LogP contribution in [0.3, 0.4) is 0 Å². The second-order valence-electron chi connectivity index (χ2n) is 7.26. The number of H-pyrrole nitrogens is 1. The SMILES string of the molecule is Cc1c(CN2CCc3nc(C4CC4)[nH]c(=O)c3C2)sc2ccccc12. The van der Waals surface area contributed by atoms with E-state index in [2.05, 4.69) is 41.1 Å². The lowest BCUT2D eigenvalue weighted by atomic mass is 10.1. The van der Waals surface area contributed by atoms with E-state index >= 15 is 0 Å². The van der Waals surface area contributed by atoms with E-state index in [1.54, 1.807) is 0 Å². The predicted molar refractivity (Wildman–Crippen MR) is 101 cm³/mol. The van der Waals surface area contributed by atoms with E-state index in [4.69, 9.17) is 4.98 Å². The van der Waals surface area contributed by atoms with Crippen LogP contribution in [-0.2, 0) is 19.5 Å². The molecule has 0 saturated heterocycles. The molecule has 2 aliphatic rings. The highest BCUT2D eigenvalue weighted by Gasteiger charge is 2.29. The largest absolute Gasteiger partial charge is 0.310 e. The van der Waals surface area contributed by atoms with Gasteiger partial charge in [-0.15, -0.1) is 11.3 Å². The van der Waals surface area contributed by atoms with E-state index in [1.807, 2.05) is 11.3 Å². The Balaban J connectivity index is 1.41. The second kappa shape index (κ2) is 5.78. The van der Waals surface area contributed by atoms with Gasteiger partial charge in [-0.05, 0) is 36.8 Å². The van der Waals surface area contributed by atoms with Crippen molar-refractivity contribution in [2.45, 2.75) is 45.2 Å². The lowest BCUT2D eigenvalue weighted by molar-refractivity contribution is 0.243. The summed E-state index contributed by atoms with van der Waals surface area (Å²) in [4.78, 5) is 24.1. The predicted octanol–water partition coefficient (Wildman–Crippen LogP) is 3.73. The zero-order valence-corrected chi connectivity index (χ0v) is 15.2. The Labute approximate surface area is 150 Å². The maximum Gasteiger partial charge on any atom is 0.255 e. The molecule has 0 radical (unpaired) electrons. The topological polar surface area (TPSA) is 49.0 Å². The summed E-state index contributed by atoms with van der Waals surface area (Å²) in [6.07, 6.45) is 3.21. The Kier molecular flexibility index (Phi) is 3.54. The van der Waals surface area contributed by atoms with Crippen LogP contribution in [0.15, 0.2) is 29.1 Å². The molecule has 1 saturated carbocycles. The zero-order valence-electron chi connectivity index (χ0n) is 14.3. The number of aryl methyl sites for hydroxylation is 1. The smallest absolute Gasteiger partial charge is 0.255 e. The van der Waals surface area contributed by atoms with Gasteiger partial charge in [-0.3, -0.25) is 9.69 Å². The first-order valence-electron chi connectivity index (χ1n) is 9.00. The van der Waals surface area contributed by atoms with Gasteiger partial charge in [0, 0.05) is 41.6 Å². The quantitative estimate of drug-likeness (QED) is 0.782. The highest BCUT2D eigenvalue weighted by molar-refractivity contribution is 7.19. The summed E-state index contributed by atoms with van der Waals surface area (Å²) < 4.78 is 1.35. The molecule has 1 aliphatic heterocycles. The van der Waals surface area contributed by atoms with Gasteiger partial charge in [0.25, 0.3) is 5.56 Å². The Morgan fingerprint density at radius 1 is 1.32 bits per heavy atom. The molecule has 0 unspecified atom stereocenters. The van der Waals surface area contributed by atoms with Crippen LogP contribution >= 0.6 is 11.3 Å². The van der Waals surface area contributed by atoms with Crippen LogP contribution < -0.4 is 5.56 Å². The third-order valence-corrected chi connectivity index (χ3v) is 6.70. The first kappa shape index (κ1) is 15.3. The van der Waals surface area contributed by atoms with Crippen molar-refractivity contribution in [2.75, 3.05) is 6.54 Å². The molecular weight excluding hydrogens is 330 g/mol. The number of aromatic nitrogens is 2. The molecule has 128 valence electrons. The molecule has 1 fully saturated rings. The third kappa shape index (κ3) is 2.71. The first-order valence-corrected chi connectivity index (χ1v) is 9.82. The number of hydrogen-bond acceptors (Lipinski definition) is 4. The fourth-order valence-corrected chi connectivity index (χ4v) is 5.02. The number of benzene rings is 1. The number of nitrogens with one attached hydrogen (secondary N) is 1. The number of aromatic amines is 1. The van der Waals surface area contributed by atoms with Crippen LogP contribution in [0.2, 0.25) is 0 Å². The van der Waals surface area contributed by atoms with E-state index in [1.165, 1.54) is 33.4 Å². The van der Waals surface area contributed by atoms with Crippen molar-refractivity contribution in [2.24, 2.45) is 0 Å². The molecule has 25 heavy (non-hydrogen) atoms. The van der Waals surface area contributed by atoms with Gasteiger partial charge in [0.05, 0.1) is 11.3 Å². The van der Waals surface area contributed by atoms with Crippen molar-refractivity contribution in [1.29, 1.82) is 0 Å². The van der Waals surface area contributed by atoms with Crippen LogP contribution in [0.4, 0.5) is 0 Å². The molecule has 5 rings (SSSR count). The number of fused-ring (bicyclic) bond motifs is 2. The maximum atomic E-state index is 12.5. The second-order valence-corrected chi connectivity index (χ2v) is 8.39. The third-order valence-electron chi connectivity index (χ3n) is 5.44. The van der Waals surface area contributed by atoms with Gasteiger partial charge in [0.2, 0.25) is 0 Å². The van der Waals surface area contributed by atoms with E-state index < -0.39 is 0 Å². The van der Waals surface area contributed by atoms with Crippen molar-refractivity contribution >= 4 is 21.4 Å². The van der Waals surface area contributed by atoms with Gasteiger partial charge in [0.1, 0.15) is 5.82 Å². The molecule has 1 N–H and O–H groups in total. The summed E-state index contributed by atoms with van der Waals surface area (Å²) in [5, 5.41) is 1.36. The lowest BCUT2D eigenvalue weighted by Gasteiger charge is -2.27. The maximum absolute atomic E-state index is 12.5. The number of rotatable bonds is 3. The van der Waals surface area contributed by atoms with Gasteiger partial charge < -0.3 is 4.98 Å². The Morgan fingerprint density at radius 2 is 2.16 bits per heavy atom. The lowest BCUT2D eigenvalue weighted by Crippen LogP contribution is -2.35. The van der Waals surface area contributed by atoms with Crippen LogP contribution in [0.1, 0.15) is 46.3 Å². The van der Waals surface area contributed by atoms with E-state index in [0.29, 0.717) is 12.5 Å². The van der Waals surface area contributed by atoms with Crippen molar-refractivity contribution in [1.82, 2.24) is 14.9 Å². The number of nitrogens with zero attached hydrogens (tertiary/aromatic N) is 2. The first-order chi connectivity index (χ1) is 12.2. The van der Waals surface area contributed by atoms with E-state index in [0.717, 1.165) is 36.6 Å². The molecule has 1 aromatic carbocycles. The van der Waals surface area contributed by atoms with E-state index in [-0.39, 0.29) is 5.56 Å². The molecule has 3 heterocycles.